The molecule has 1 N–H and O–H groups in total. The quantitative estimate of drug-likeness (QED) is 0.905. The van der Waals surface area contributed by atoms with Crippen LogP contribution >= 0.6 is 0 Å². The van der Waals surface area contributed by atoms with E-state index in [9.17, 15) is 18.4 Å². The highest BCUT2D eigenvalue weighted by Crippen LogP contribution is 2.15. The van der Waals surface area contributed by atoms with E-state index in [1.165, 1.54) is 24.3 Å². The number of hydrogen-bond donors (Lipinski definition) is 1. The largest absolute Gasteiger partial charge is 0.435 e. The number of alkyl halides is 2. The minimum atomic E-state index is -2.90. The summed E-state index contributed by atoms with van der Waals surface area (Å²) in [5.41, 5.74) is 0.286. The zero-order valence-electron chi connectivity index (χ0n) is 10.8. The van der Waals surface area contributed by atoms with Crippen molar-refractivity contribution in [1.29, 1.82) is 0 Å². The van der Waals surface area contributed by atoms with E-state index in [1.807, 2.05) is 0 Å². The summed E-state index contributed by atoms with van der Waals surface area (Å²) in [5.74, 6) is -0.563. The molecular weight excluding hydrogens is 270 g/mol. The van der Waals surface area contributed by atoms with Gasteiger partial charge in [-0.15, -0.1) is 0 Å². The number of ether oxygens (including phenoxy) is 1. The van der Waals surface area contributed by atoms with E-state index < -0.39 is 18.6 Å². The first-order chi connectivity index (χ1) is 9.47. The molecule has 0 aromatic heterocycles. The predicted octanol–water partition coefficient (Wildman–Crippen LogP) is 1.25. The average molecular weight is 284 g/mol. The summed E-state index contributed by atoms with van der Waals surface area (Å²) in [4.78, 5) is 25.1. The van der Waals surface area contributed by atoms with Crippen LogP contribution in [0.5, 0.6) is 5.75 Å². The van der Waals surface area contributed by atoms with Crippen molar-refractivity contribution in [3.63, 3.8) is 0 Å². The van der Waals surface area contributed by atoms with Gasteiger partial charge in [-0.3, -0.25) is 9.59 Å². The standard InChI is InChI=1S/C13H14F2N2O3/c1-17-7-6-10(12(17)19)16-11(18)8-2-4-9(5-3-8)20-13(14)15/h2-5,10,13H,6-7H2,1H3,(H,16,18)/t10-/m0/s1. The first-order valence-electron chi connectivity index (χ1n) is 6.08. The average Bonchev–Trinajstić information content (AvgIpc) is 2.71. The summed E-state index contributed by atoms with van der Waals surface area (Å²) in [6.45, 7) is -2.30. The second-order valence-electron chi connectivity index (χ2n) is 4.48. The van der Waals surface area contributed by atoms with Gasteiger partial charge in [-0.25, -0.2) is 0 Å². The Kier molecular flexibility index (Phi) is 4.16. The Hall–Kier alpha value is -2.18. The highest BCUT2D eigenvalue weighted by atomic mass is 19.3. The van der Waals surface area contributed by atoms with Gasteiger partial charge in [0.25, 0.3) is 5.91 Å². The number of hydrogen-bond acceptors (Lipinski definition) is 3. The fourth-order valence-electron chi connectivity index (χ4n) is 1.99. The maximum atomic E-state index is 12.0. The lowest BCUT2D eigenvalue weighted by molar-refractivity contribution is -0.128. The van der Waals surface area contributed by atoms with Crippen LogP contribution in [0.15, 0.2) is 24.3 Å². The Balaban J connectivity index is 1.97. The molecule has 0 spiro atoms. The lowest BCUT2D eigenvalue weighted by Crippen LogP contribution is -2.40. The Morgan fingerprint density at radius 3 is 2.55 bits per heavy atom. The first kappa shape index (κ1) is 14.2. The molecule has 0 unspecified atom stereocenters. The number of nitrogens with zero attached hydrogens (tertiary/aromatic N) is 1. The van der Waals surface area contributed by atoms with Crippen LogP contribution in [-0.4, -0.2) is 43.0 Å². The highest BCUT2D eigenvalue weighted by molar-refractivity contribution is 5.98. The summed E-state index contributed by atoms with van der Waals surface area (Å²) in [6, 6.07) is 4.78. The Labute approximate surface area is 114 Å². The number of likely N-dealkylation sites (N-methyl/N-ethyl adjacent to an activating group) is 1. The molecule has 20 heavy (non-hydrogen) atoms. The molecule has 1 aromatic carbocycles. The molecule has 0 aliphatic carbocycles. The number of amides is 2. The van der Waals surface area contributed by atoms with Gasteiger partial charge in [0.1, 0.15) is 11.8 Å². The van der Waals surface area contributed by atoms with Gasteiger partial charge in [-0.05, 0) is 30.7 Å². The van der Waals surface area contributed by atoms with Crippen LogP contribution in [0.2, 0.25) is 0 Å². The smallest absolute Gasteiger partial charge is 0.387 e. The van der Waals surface area contributed by atoms with Crippen LogP contribution in [0.1, 0.15) is 16.8 Å². The lowest BCUT2D eigenvalue weighted by Gasteiger charge is -2.12. The van der Waals surface area contributed by atoms with Gasteiger partial charge in [0.05, 0.1) is 0 Å². The molecule has 7 heteroatoms. The SMILES string of the molecule is CN1CC[C@H](NC(=O)c2ccc(OC(F)F)cc2)C1=O. The summed E-state index contributed by atoms with van der Waals surface area (Å²) in [7, 11) is 1.67. The van der Waals surface area contributed by atoms with Crippen LogP contribution in [0, 0.1) is 0 Å². The van der Waals surface area contributed by atoms with Crippen molar-refractivity contribution >= 4 is 11.8 Å². The van der Waals surface area contributed by atoms with Crippen molar-refractivity contribution in [2.45, 2.75) is 19.1 Å². The third-order valence-corrected chi connectivity index (χ3v) is 3.07. The van der Waals surface area contributed by atoms with Crippen molar-refractivity contribution in [3.8, 4) is 5.75 Å². The molecule has 0 bridgehead atoms. The van der Waals surface area contributed by atoms with Crippen molar-refractivity contribution in [1.82, 2.24) is 10.2 Å². The Bertz CT molecular complexity index is 505. The third kappa shape index (κ3) is 3.23. The van der Waals surface area contributed by atoms with Crippen molar-refractivity contribution < 1.29 is 23.1 Å². The number of carbonyl (C=O) groups is 2. The summed E-state index contributed by atoms with van der Waals surface area (Å²) in [6.07, 6.45) is 0.563. The van der Waals surface area contributed by atoms with Crippen LogP contribution in [0.4, 0.5) is 8.78 Å². The third-order valence-electron chi connectivity index (χ3n) is 3.07. The first-order valence-corrected chi connectivity index (χ1v) is 6.08. The summed E-state index contributed by atoms with van der Waals surface area (Å²) < 4.78 is 28.2. The van der Waals surface area contributed by atoms with E-state index in [2.05, 4.69) is 10.1 Å². The van der Waals surface area contributed by atoms with Gasteiger partial charge in [-0.1, -0.05) is 0 Å². The number of carbonyl (C=O) groups excluding carboxylic acids is 2. The van der Waals surface area contributed by atoms with E-state index >= 15 is 0 Å². The number of benzene rings is 1. The van der Waals surface area contributed by atoms with Crippen molar-refractivity contribution in [2.24, 2.45) is 0 Å². The van der Waals surface area contributed by atoms with Gasteiger partial charge in [0, 0.05) is 19.2 Å². The molecule has 0 radical (unpaired) electrons. The van der Waals surface area contributed by atoms with Crippen LogP contribution in [0.25, 0.3) is 0 Å². The molecule has 2 rings (SSSR count). The zero-order chi connectivity index (χ0) is 14.7. The van der Waals surface area contributed by atoms with Gasteiger partial charge in [-0.2, -0.15) is 8.78 Å². The van der Waals surface area contributed by atoms with Crippen LogP contribution < -0.4 is 10.1 Å². The van der Waals surface area contributed by atoms with E-state index in [1.54, 1.807) is 11.9 Å². The molecule has 1 aromatic rings. The van der Waals surface area contributed by atoms with E-state index in [0.717, 1.165) is 0 Å². The molecule has 2 amide bonds. The monoisotopic (exact) mass is 284 g/mol. The Morgan fingerprint density at radius 2 is 2.05 bits per heavy atom. The minimum absolute atomic E-state index is 0.0202. The van der Waals surface area contributed by atoms with Gasteiger partial charge in [0.2, 0.25) is 5.91 Å². The molecule has 108 valence electrons. The molecule has 1 saturated heterocycles. The normalized spacial score (nSPS) is 18.5. The maximum Gasteiger partial charge on any atom is 0.387 e. The maximum absolute atomic E-state index is 12.0. The fourth-order valence-corrected chi connectivity index (χ4v) is 1.99. The van der Waals surface area contributed by atoms with E-state index in [-0.39, 0.29) is 17.2 Å². The van der Waals surface area contributed by atoms with Gasteiger partial charge < -0.3 is 15.0 Å². The lowest BCUT2D eigenvalue weighted by atomic mass is 10.1. The van der Waals surface area contributed by atoms with Crippen LogP contribution in [0.3, 0.4) is 0 Å². The zero-order valence-corrected chi connectivity index (χ0v) is 10.8. The Morgan fingerprint density at radius 1 is 1.40 bits per heavy atom. The van der Waals surface area contributed by atoms with E-state index in [0.29, 0.717) is 13.0 Å². The second-order valence-corrected chi connectivity index (χ2v) is 4.48. The molecule has 1 fully saturated rings. The molecule has 1 atom stereocenters. The number of halogens is 2. The predicted molar refractivity (Wildman–Crippen MR) is 66.6 cm³/mol. The molecule has 1 heterocycles. The van der Waals surface area contributed by atoms with Gasteiger partial charge in [0.15, 0.2) is 0 Å². The van der Waals surface area contributed by atoms with Crippen molar-refractivity contribution in [3.05, 3.63) is 29.8 Å². The minimum Gasteiger partial charge on any atom is -0.435 e. The van der Waals surface area contributed by atoms with Gasteiger partial charge >= 0.3 is 6.61 Å². The molecular formula is C13H14F2N2O3. The number of nitrogens with one attached hydrogen (secondary N) is 1. The summed E-state index contributed by atoms with van der Waals surface area (Å²) in [5, 5.41) is 2.62. The topological polar surface area (TPSA) is 58.6 Å². The highest BCUT2D eigenvalue weighted by Gasteiger charge is 2.30. The molecule has 5 nitrogen and oxygen atoms in total. The van der Waals surface area contributed by atoms with Crippen molar-refractivity contribution in [2.75, 3.05) is 13.6 Å². The molecule has 1 aliphatic rings. The van der Waals surface area contributed by atoms with E-state index in [4.69, 9.17) is 0 Å². The van der Waals surface area contributed by atoms with Crippen LogP contribution in [-0.2, 0) is 4.79 Å². The summed E-state index contributed by atoms with van der Waals surface area (Å²) >= 11 is 0. The second kappa shape index (κ2) is 5.85. The number of likely N-dealkylation sites (tertiary alicyclic amines) is 1. The fraction of sp³-hybridized carbons (Fsp3) is 0.385. The molecule has 1 aliphatic heterocycles. The molecule has 0 saturated carbocycles. The number of rotatable bonds is 4.